The minimum atomic E-state index is 0. The van der Waals surface area contributed by atoms with E-state index in [0.717, 1.165) is 19.0 Å². The Balaban J connectivity index is 0.00000180. The zero-order valence-electron chi connectivity index (χ0n) is 12.7. The lowest BCUT2D eigenvalue weighted by Gasteiger charge is -2.26. The van der Waals surface area contributed by atoms with Gasteiger partial charge in [-0.3, -0.25) is 4.99 Å². The van der Waals surface area contributed by atoms with E-state index >= 15 is 0 Å². The minimum Gasteiger partial charge on any atom is -0.357 e. The van der Waals surface area contributed by atoms with Gasteiger partial charge < -0.3 is 10.2 Å². The molecule has 0 unspecified atom stereocenters. The number of likely N-dealkylation sites (tertiary alicyclic amines) is 1. The van der Waals surface area contributed by atoms with E-state index in [-0.39, 0.29) is 24.0 Å². The number of nitrogens with one attached hydrogen (secondary N) is 1. The molecule has 1 spiro atoms. The monoisotopic (exact) mass is 379 g/mol. The van der Waals surface area contributed by atoms with Crippen molar-refractivity contribution in [2.45, 2.75) is 52.9 Å². The van der Waals surface area contributed by atoms with E-state index in [0.29, 0.717) is 11.3 Å². The first-order valence-corrected chi connectivity index (χ1v) is 7.68. The van der Waals surface area contributed by atoms with Crippen molar-refractivity contribution in [2.24, 2.45) is 16.3 Å². The van der Waals surface area contributed by atoms with Crippen LogP contribution in [0.5, 0.6) is 0 Å². The molecule has 19 heavy (non-hydrogen) atoms. The fraction of sp³-hybridized carbons (Fsp3) is 0.933. The number of guanidine groups is 1. The van der Waals surface area contributed by atoms with Crippen molar-refractivity contribution >= 4 is 29.9 Å². The third kappa shape index (κ3) is 4.50. The lowest BCUT2D eigenvalue weighted by Crippen LogP contribution is -2.41. The first kappa shape index (κ1) is 17.1. The highest BCUT2D eigenvalue weighted by Crippen LogP contribution is 2.45. The Morgan fingerprint density at radius 3 is 2.53 bits per heavy atom. The maximum absolute atomic E-state index is 4.78. The van der Waals surface area contributed by atoms with Crippen LogP contribution in [-0.2, 0) is 0 Å². The summed E-state index contributed by atoms with van der Waals surface area (Å²) >= 11 is 0. The first-order chi connectivity index (χ1) is 8.65. The van der Waals surface area contributed by atoms with Gasteiger partial charge in [-0.2, -0.15) is 0 Å². The highest BCUT2D eigenvalue weighted by Gasteiger charge is 2.40. The number of nitrogens with zero attached hydrogens (tertiary/aromatic N) is 2. The summed E-state index contributed by atoms with van der Waals surface area (Å²) in [4.78, 5) is 7.28. The van der Waals surface area contributed by atoms with Crippen molar-refractivity contribution < 1.29 is 0 Å². The number of hydrogen-bond acceptors (Lipinski definition) is 1. The summed E-state index contributed by atoms with van der Waals surface area (Å²) in [7, 11) is 0. The van der Waals surface area contributed by atoms with Crippen LogP contribution in [0.25, 0.3) is 0 Å². The van der Waals surface area contributed by atoms with Crippen LogP contribution in [0.1, 0.15) is 52.9 Å². The molecular formula is C15H30IN3. The molecule has 0 amide bonds. The topological polar surface area (TPSA) is 27.6 Å². The van der Waals surface area contributed by atoms with E-state index < -0.39 is 0 Å². The molecule has 1 saturated carbocycles. The van der Waals surface area contributed by atoms with Crippen LogP contribution in [-0.4, -0.2) is 37.0 Å². The Morgan fingerprint density at radius 2 is 1.95 bits per heavy atom. The predicted octanol–water partition coefficient (Wildman–Crippen LogP) is 3.49. The Morgan fingerprint density at radius 1 is 1.26 bits per heavy atom. The second kappa shape index (κ2) is 7.70. The molecule has 0 radical (unpaired) electrons. The molecule has 0 aromatic rings. The molecule has 0 aromatic heterocycles. The van der Waals surface area contributed by atoms with Crippen LogP contribution in [0.2, 0.25) is 0 Å². The van der Waals surface area contributed by atoms with Gasteiger partial charge in [0.25, 0.3) is 0 Å². The predicted molar refractivity (Wildman–Crippen MR) is 93.3 cm³/mol. The lowest BCUT2D eigenvalue weighted by molar-refractivity contribution is 0.309. The molecule has 2 rings (SSSR count). The summed E-state index contributed by atoms with van der Waals surface area (Å²) < 4.78 is 0. The van der Waals surface area contributed by atoms with Gasteiger partial charge in [-0.15, -0.1) is 24.0 Å². The molecule has 2 aliphatic rings. The minimum absolute atomic E-state index is 0. The van der Waals surface area contributed by atoms with Gasteiger partial charge in [0.1, 0.15) is 0 Å². The third-order valence-electron chi connectivity index (χ3n) is 4.34. The molecular weight excluding hydrogens is 349 g/mol. The van der Waals surface area contributed by atoms with Gasteiger partial charge in [-0.05, 0) is 37.5 Å². The van der Waals surface area contributed by atoms with Crippen molar-refractivity contribution in [2.75, 3.05) is 26.2 Å². The van der Waals surface area contributed by atoms with E-state index in [4.69, 9.17) is 4.99 Å². The molecule has 0 bridgehead atoms. The maximum atomic E-state index is 4.78. The molecule has 0 atom stereocenters. The van der Waals surface area contributed by atoms with E-state index in [1.165, 1.54) is 45.2 Å². The third-order valence-corrected chi connectivity index (χ3v) is 4.34. The SMILES string of the molecule is CCNC(=NCC(C)C)N1CCC2(CCCC2)C1.I. The number of aliphatic imine (C=N–C) groups is 1. The smallest absolute Gasteiger partial charge is 0.193 e. The fourth-order valence-electron chi connectivity index (χ4n) is 3.34. The van der Waals surface area contributed by atoms with Gasteiger partial charge >= 0.3 is 0 Å². The van der Waals surface area contributed by atoms with E-state index in [1.54, 1.807) is 0 Å². The average Bonchev–Trinajstić information content (AvgIpc) is 2.96. The van der Waals surface area contributed by atoms with Crippen molar-refractivity contribution in [3.8, 4) is 0 Å². The van der Waals surface area contributed by atoms with Crippen LogP contribution >= 0.6 is 24.0 Å². The highest BCUT2D eigenvalue weighted by molar-refractivity contribution is 14.0. The largest absolute Gasteiger partial charge is 0.357 e. The van der Waals surface area contributed by atoms with Crippen molar-refractivity contribution in [1.29, 1.82) is 0 Å². The van der Waals surface area contributed by atoms with Gasteiger partial charge in [0.15, 0.2) is 5.96 Å². The number of rotatable bonds is 3. The van der Waals surface area contributed by atoms with Gasteiger partial charge in [-0.25, -0.2) is 0 Å². The zero-order valence-corrected chi connectivity index (χ0v) is 15.1. The molecule has 2 fully saturated rings. The van der Waals surface area contributed by atoms with Crippen molar-refractivity contribution in [1.82, 2.24) is 10.2 Å². The standard InChI is InChI=1S/C15H29N3.HI/c1-4-16-14(17-11-13(2)3)18-10-9-15(12-18)7-5-6-8-15;/h13H,4-12H2,1-3H3,(H,16,17);1H. The average molecular weight is 379 g/mol. The molecule has 4 heteroatoms. The Bertz CT molecular complexity index is 296. The van der Waals surface area contributed by atoms with Crippen LogP contribution in [0, 0.1) is 11.3 Å². The summed E-state index contributed by atoms with van der Waals surface area (Å²) in [6, 6.07) is 0. The van der Waals surface area contributed by atoms with Gasteiger partial charge in [0, 0.05) is 26.2 Å². The molecule has 1 heterocycles. The summed E-state index contributed by atoms with van der Waals surface area (Å²) in [6.45, 7) is 11.0. The molecule has 1 aliphatic heterocycles. The van der Waals surface area contributed by atoms with Gasteiger partial charge in [-0.1, -0.05) is 26.7 Å². The summed E-state index contributed by atoms with van der Waals surface area (Å²) in [5.41, 5.74) is 0.633. The fourth-order valence-corrected chi connectivity index (χ4v) is 3.34. The molecule has 0 aromatic carbocycles. The van der Waals surface area contributed by atoms with Crippen LogP contribution in [0.15, 0.2) is 4.99 Å². The second-order valence-electron chi connectivity index (χ2n) is 6.47. The van der Waals surface area contributed by atoms with Gasteiger partial charge in [0.2, 0.25) is 0 Å². The Kier molecular flexibility index (Phi) is 6.91. The van der Waals surface area contributed by atoms with E-state index in [9.17, 15) is 0 Å². The summed E-state index contributed by atoms with van der Waals surface area (Å²) in [5, 5.41) is 3.46. The van der Waals surface area contributed by atoms with Crippen LogP contribution in [0.3, 0.4) is 0 Å². The summed E-state index contributed by atoms with van der Waals surface area (Å²) in [5.74, 6) is 1.79. The van der Waals surface area contributed by atoms with Crippen molar-refractivity contribution in [3.63, 3.8) is 0 Å². The first-order valence-electron chi connectivity index (χ1n) is 7.68. The number of hydrogen-bond donors (Lipinski definition) is 1. The maximum Gasteiger partial charge on any atom is 0.193 e. The Labute approximate surface area is 135 Å². The summed E-state index contributed by atoms with van der Waals surface area (Å²) in [6.07, 6.45) is 7.13. The number of halogens is 1. The van der Waals surface area contributed by atoms with Crippen LogP contribution in [0.4, 0.5) is 0 Å². The second-order valence-corrected chi connectivity index (χ2v) is 6.47. The molecule has 3 nitrogen and oxygen atoms in total. The lowest BCUT2D eigenvalue weighted by atomic mass is 9.86. The molecule has 112 valence electrons. The molecule has 1 aliphatic carbocycles. The quantitative estimate of drug-likeness (QED) is 0.462. The molecule has 1 N–H and O–H groups in total. The molecule has 1 saturated heterocycles. The Hall–Kier alpha value is 0. The van der Waals surface area contributed by atoms with Crippen molar-refractivity contribution in [3.05, 3.63) is 0 Å². The van der Waals surface area contributed by atoms with Crippen LogP contribution < -0.4 is 5.32 Å². The van der Waals surface area contributed by atoms with E-state index in [1.807, 2.05) is 0 Å². The van der Waals surface area contributed by atoms with E-state index in [2.05, 4.69) is 31.0 Å². The highest BCUT2D eigenvalue weighted by atomic mass is 127. The normalized spacial score (nSPS) is 22.1. The zero-order chi connectivity index (χ0) is 13.0. The van der Waals surface area contributed by atoms with Gasteiger partial charge in [0.05, 0.1) is 0 Å².